The van der Waals surface area contributed by atoms with Gasteiger partial charge < -0.3 is 38.3 Å². The number of methoxy groups -OCH3 is 2. The van der Waals surface area contributed by atoms with Crippen LogP contribution in [0.25, 0.3) is 0 Å². The normalized spacial score (nSPS) is 29.1. The second kappa shape index (κ2) is 16.4. The molecule has 0 aliphatic heterocycles. The Labute approximate surface area is 240 Å². The standard InChI is InChI=1S/C32H52O8/c1-32-12-11-28-27-8-7-26(39-22-34-2)21-25(27)20-24(31(28)29(32)9-10-30(32)40-23-35-3)6-4-5-14-36-16-18-38-19-17-37-15-13-33/h7-8,21,24,28-31,33H,4-6,9-20,22-23H2,1-3H3. The number of fused-ring (bicyclic) bond motifs is 5. The van der Waals surface area contributed by atoms with Crippen LogP contribution in [0.5, 0.6) is 5.75 Å². The van der Waals surface area contributed by atoms with Crippen LogP contribution in [0, 0.1) is 23.2 Å². The maximum absolute atomic E-state index is 8.72. The molecule has 0 aromatic heterocycles. The number of aliphatic hydroxyl groups is 1. The number of hydrogen-bond acceptors (Lipinski definition) is 8. The van der Waals surface area contributed by atoms with Crippen molar-refractivity contribution in [3.8, 4) is 5.75 Å². The molecule has 1 N–H and O–H groups in total. The molecule has 8 nitrogen and oxygen atoms in total. The van der Waals surface area contributed by atoms with Crippen molar-refractivity contribution in [1.29, 1.82) is 0 Å². The molecule has 3 aliphatic carbocycles. The largest absolute Gasteiger partial charge is 0.468 e. The molecule has 2 saturated carbocycles. The first-order valence-corrected chi connectivity index (χ1v) is 15.3. The first kappa shape index (κ1) is 31.7. The Kier molecular flexibility index (Phi) is 13.0. The summed E-state index contributed by atoms with van der Waals surface area (Å²) in [4.78, 5) is 0. The molecule has 0 radical (unpaired) electrons. The predicted molar refractivity (Wildman–Crippen MR) is 153 cm³/mol. The zero-order chi connectivity index (χ0) is 28.2. The fourth-order valence-electron chi connectivity index (χ4n) is 7.86. The Morgan fingerprint density at radius 3 is 2.38 bits per heavy atom. The van der Waals surface area contributed by atoms with E-state index in [-0.39, 0.29) is 18.8 Å². The Hall–Kier alpha value is -1.26. The maximum Gasteiger partial charge on any atom is 0.188 e. The van der Waals surface area contributed by atoms with E-state index in [1.807, 2.05) is 0 Å². The van der Waals surface area contributed by atoms with Gasteiger partial charge in [0.1, 0.15) is 12.5 Å². The zero-order valence-electron chi connectivity index (χ0n) is 24.9. The number of hydrogen-bond donors (Lipinski definition) is 1. The Bertz CT molecular complexity index is 865. The van der Waals surface area contributed by atoms with E-state index in [1.54, 1.807) is 19.8 Å². The molecule has 2 fully saturated rings. The van der Waals surface area contributed by atoms with Crippen LogP contribution in [0.4, 0.5) is 0 Å². The average Bonchev–Trinajstić information content (AvgIpc) is 3.31. The van der Waals surface area contributed by atoms with E-state index >= 15 is 0 Å². The molecule has 4 rings (SSSR count). The van der Waals surface area contributed by atoms with Crippen molar-refractivity contribution < 1.29 is 38.3 Å². The first-order chi connectivity index (χ1) is 19.6. The SMILES string of the molecule is COCOc1ccc2c(c1)CC(CCCCOCCOCCOCCO)C1C2CCC2(C)C(OCOC)CCC12. The Morgan fingerprint density at radius 1 is 0.875 bits per heavy atom. The number of ether oxygens (including phenoxy) is 7. The highest BCUT2D eigenvalue weighted by Crippen LogP contribution is 2.63. The second-order valence-corrected chi connectivity index (χ2v) is 11.9. The summed E-state index contributed by atoms with van der Waals surface area (Å²) in [6, 6.07) is 6.73. The van der Waals surface area contributed by atoms with E-state index in [2.05, 4.69) is 25.1 Å². The molecule has 0 heterocycles. The minimum absolute atomic E-state index is 0.0466. The summed E-state index contributed by atoms with van der Waals surface area (Å²) in [5.74, 6) is 3.55. The van der Waals surface area contributed by atoms with Crippen LogP contribution < -0.4 is 4.74 Å². The Morgan fingerprint density at radius 2 is 1.62 bits per heavy atom. The smallest absolute Gasteiger partial charge is 0.188 e. The lowest BCUT2D eigenvalue weighted by Gasteiger charge is -2.53. The highest BCUT2D eigenvalue weighted by atomic mass is 16.7. The van der Waals surface area contributed by atoms with Gasteiger partial charge in [0.25, 0.3) is 0 Å². The van der Waals surface area contributed by atoms with E-state index in [0.717, 1.165) is 31.6 Å². The van der Waals surface area contributed by atoms with E-state index in [1.165, 1.54) is 37.7 Å². The van der Waals surface area contributed by atoms with Crippen molar-refractivity contribution in [2.45, 2.75) is 70.3 Å². The van der Waals surface area contributed by atoms with Gasteiger partial charge in [-0.1, -0.05) is 19.4 Å². The van der Waals surface area contributed by atoms with Gasteiger partial charge in [0.05, 0.1) is 45.7 Å². The average molecular weight is 565 g/mol. The molecule has 1 aromatic rings. The van der Waals surface area contributed by atoms with Crippen molar-refractivity contribution in [1.82, 2.24) is 0 Å². The van der Waals surface area contributed by atoms with Crippen LogP contribution in [-0.2, 0) is 34.8 Å². The number of unbranched alkanes of at least 4 members (excludes halogenated alkanes) is 1. The summed E-state index contributed by atoms with van der Waals surface area (Å²) < 4.78 is 39.1. The van der Waals surface area contributed by atoms with Crippen molar-refractivity contribution in [2.75, 3.05) is 74.1 Å². The summed E-state index contributed by atoms with van der Waals surface area (Å²) in [5, 5.41) is 8.72. The van der Waals surface area contributed by atoms with Gasteiger partial charge in [-0.2, -0.15) is 0 Å². The predicted octanol–water partition coefficient (Wildman–Crippen LogP) is 4.95. The van der Waals surface area contributed by atoms with Crippen LogP contribution in [0.15, 0.2) is 18.2 Å². The van der Waals surface area contributed by atoms with Gasteiger partial charge >= 0.3 is 0 Å². The molecular formula is C32H52O8. The lowest BCUT2D eigenvalue weighted by atomic mass is 9.52. The molecule has 8 heteroatoms. The fourth-order valence-corrected chi connectivity index (χ4v) is 7.86. The summed E-state index contributed by atoms with van der Waals surface area (Å²) in [6.07, 6.45) is 9.70. The topological polar surface area (TPSA) is 84.8 Å². The second-order valence-electron chi connectivity index (χ2n) is 11.9. The summed E-state index contributed by atoms with van der Waals surface area (Å²) in [5.41, 5.74) is 3.23. The third-order valence-electron chi connectivity index (χ3n) is 9.61. The van der Waals surface area contributed by atoms with Crippen LogP contribution in [0.2, 0.25) is 0 Å². The molecule has 228 valence electrons. The van der Waals surface area contributed by atoms with Crippen LogP contribution in [0.1, 0.15) is 68.9 Å². The van der Waals surface area contributed by atoms with Crippen LogP contribution in [0.3, 0.4) is 0 Å². The minimum Gasteiger partial charge on any atom is -0.468 e. The monoisotopic (exact) mass is 564 g/mol. The molecule has 6 unspecified atom stereocenters. The lowest BCUT2D eigenvalue weighted by Crippen LogP contribution is -2.47. The molecule has 40 heavy (non-hydrogen) atoms. The first-order valence-electron chi connectivity index (χ1n) is 15.3. The van der Waals surface area contributed by atoms with Gasteiger partial charge in [-0.3, -0.25) is 0 Å². The van der Waals surface area contributed by atoms with Crippen LogP contribution >= 0.6 is 0 Å². The number of rotatable bonds is 19. The van der Waals surface area contributed by atoms with Crippen LogP contribution in [-0.4, -0.2) is 85.3 Å². The molecule has 1 aromatic carbocycles. The molecule has 3 aliphatic rings. The van der Waals surface area contributed by atoms with Gasteiger partial charge in [-0.05, 0) is 97.3 Å². The third-order valence-corrected chi connectivity index (χ3v) is 9.61. The van der Waals surface area contributed by atoms with Gasteiger partial charge in [-0.25, -0.2) is 0 Å². The fraction of sp³-hybridized carbons (Fsp3) is 0.812. The van der Waals surface area contributed by atoms with Crippen molar-refractivity contribution >= 4 is 0 Å². The molecule has 0 amide bonds. The summed E-state index contributed by atoms with van der Waals surface area (Å²) in [7, 11) is 3.38. The van der Waals surface area contributed by atoms with Gasteiger partial charge in [0.15, 0.2) is 6.79 Å². The van der Waals surface area contributed by atoms with E-state index < -0.39 is 0 Å². The molecular weight excluding hydrogens is 512 g/mol. The molecule has 0 bridgehead atoms. The lowest BCUT2D eigenvalue weighted by molar-refractivity contribution is -0.128. The van der Waals surface area contributed by atoms with Crippen molar-refractivity contribution in [3.05, 3.63) is 29.3 Å². The molecule has 0 saturated heterocycles. The third kappa shape index (κ3) is 7.97. The number of benzene rings is 1. The van der Waals surface area contributed by atoms with E-state index in [4.69, 9.17) is 38.3 Å². The number of aliphatic hydroxyl groups excluding tert-OH is 1. The summed E-state index contributed by atoms with van der Waals surface area (Å²) in [6.45, 7) is 6.55. The Balaban J connectivity index is 1.34. The zero-order valence-corrected chi connectivity index (χ0v) is 24.9. The van der Waals surface area contributed by atoms with Gasteiger partial charge in [-0.15, -0.1) is 0 Å². The van der Waals surface area contributed by atoms with E-state index in [9.17, 15) is 0 Å². The van der Waals surface area contributed by atoms with E-state index in [0.29, 0.717) is 69.6 Å². The van der Waals surface area contributed by atoms with Crippen molar-refractivity contribution in [3.63, 3.8) is 0 Å². The quantitative estimate of drug-likeness (QED) is 0.187. The van der Waals surface area contributed by atoms with Gasteiger partial charge in [0.2, 0.25) is 0 Å². The van der Waals surface area contributed by atoms with Crippen molar-refractivity contribution in [2.24, 2.45) is 23.2 Å². The summed E-state index contributed by atoms with van der Waals surface area (Å²) >= 11 is 0. The highest BCUT2D eigenvalue weighted by molar-refractivity contribution is 5.41. The molecule has 0 spiro atoms. The van der Waals surface area contributed by atoms with Gasteiger partial charge in [0, 0.05) is 20.8 Å². The maximum atomic E-state index is 8.72. The highest BCUT2D eigenvalue weighted by Gasteiger charge is 2.57. The molecule has 6 atom stereocenters. The minimum atomic E-state index is 0.0466.